The van der Waals surface area contributed by atoms with Crippen LogP contribution in [-0.4, -0.2) is 61.6 Å². The molecule has 1 aromatic rings. The minimum Gasteiger partial charge on any atom is -0.379 e. The lowest BCUT2D eigenvalue weighted by molar-refractivity contribution is -0.120. The fraction of sp³-hybridized carbons (Fsp3) is 0.529. The van der Waals surface area contributed by atoms with E-state index in [1.54, 1.807) is 38.1 Å². The topological polar surface area (TPSA) is 96.7 Å². The van der Waals surface area contributed by atoms with Crippen LogP contribution in [0.1, 0.15) is 24.2 Å². The average Bonchev–Trinajstić information content (AvgIpc) is 2.55. The van der Waals surface area contributed by atoms with Gasteiger partial charge in [-0.1, -0.05) is 0 Å². The second-order valence-corrected chi connectivity index (χ2v) is 6.46. The SMILES string of the molecule is CC(C)(N)C(=O)Nc1ccc(C(=O)NCCN2CCOCC2)cc1. The predicted molar refractivity (Wildman–Crippen MR) is 92.9 cm³/mol. The molecule has 0 aliphatic carbocycles. The highest BCUT2D eigenvalue weighted by Gasteiger charge is 2.21. The number of carbonyl (C=O) groups is 2. The molecule has 7 nitrogen and oxygen atoms in total. The number of nitrogens with two attached hydrogens (primary N) is 1. The molecule has 0 aromatic heterocycles. The normalized spacial score (nSPS) is 15.8. The molecule has 1 aliphatic heterocycles. The summed E-state index contributed by atoms with van der Waals surface area (Å²) < 4.78 is 5.29. The summed E-state index contributed by atoms with van der Waals surface area (Å²) in [5, 5.41) is 5.62. The number of hydrogen-bond acceptors (Lipinski definition) is 5. The lowest BCUT2D eigenvalue weighted by atomic mass is 10.1. The van der Waals surface area contributed by atoms with E-state index in [0.717, 1.165) is 32.8 Å². The summed E-state index contributed by atoms with van der Waals surface area (Å²) in [6.45, 7) is 8.00. The number of carbonyl (C=O) groups excluding carboxylic acids is 2. The van der Waals surface area contributed by atoms with E-state index in [2.05, 4.69) is 15.5 Å². The van der Waals surface area contributed by atoms with E-state index in [0.29, 0.717) is 17.8 Å². The first-order valence-corrected chi connectivity index (χ1v) is 8.15. The first-order valence-electron chi connectivity index (χ1n) is 8.15. The highest BCUT2D eigenvalue weighted by molar-refractivity contribution is 5.98. The van der Waals surface area contributed by atoms with Crippen LogP contribution in [-0.2, 0) is 9.53 Å². The van der Waals surface area contributed by atoms with Crippen LogP contribution >= 0.6 is 0 Å². The number of morpholine rings is 1. The van der Waals surface area contributed by atoms with Crippen LogP contribution in [0.25, 0.3) is 0 Å². The highest BCUT2D eigenvalue weighted by Crippen LogP contribution is 2.11. The van der Waals surface area contributed by atoms with Gasteiger partial charge in [0.05, 0.1) is 18.8 Å². The standard InChI is InChI=1S/C17H26N4O3/c1-17(2,18)16(23)20-14-5-3-13(4-6-14)15(22)19-7-8-21-9-11-24-12-10-21/h3-6H,7-12,18H2,1-2H3,(H,19,22)(H,20,23). The van der Waals surface area contributed by atoms with Gasteiger partial charge in [-0.2, -0.15) is 0 Å². The summed E-state index contributed by atoms with van der Waals surface area (Å²) in [7, 11) is 0. The van der Waals surface area contributed by atoms with E-state index < -0.39 is 5.54 Å². The van der Waals surface area contributed by atoms with Crippen molar-refractivity contribution in [1.29, 1.82) is 0 Å². The van der Waals surface area contributed by atoms with Gasteiger partial charge in [-0.3, -0.25) is 14.5 Å². The van der Waals surface area contributed by atoms with Gasteiger partial charge in [0, 0.05) is 37.4 Å². The van der Waals surface area contributed by atoms with Crippen molar-refractivity contribution >= 4 is 17.5 Å². The Morgan fingerprint density at radius 1 is 1.21 bits per heavy atom. The lowest BCUT2D eigenvalue weighted by Gasteiger charge is -2.26. The zero-order valence-electron chi connectivity index (χ0n) is 14.3. The van der Waals surface area contributed by atoms with Crippen LogP contribution in [0.4, 0.5) is 5.69 Å². The Kier molecular flexibility index (Phi) is 6.30. The van der Waals surface area contributed by atoms with Crippen molar-refractivity contribution < 1.29 is 14.3 Å². The monoisotopic (exact) mass is 334 g/mol. The molecule has 0 spiro atoms. The molecule has 1 fully saturated rings. The van der Waals surface area contributed by atoms with Gasteiger partial charge in [0.15, 0.2) is 0 Å². The molecule has 0 bridgehead atoms. The van der Waals surface area contributed by atoms with Gasteiger partial charge in [-0.05, 0) is 38.1 Å². The van der Waals surface area contributed by atoms with Crippen molar-refractivity contribution in [3.8, 4) is 0 Å². The molecule has 0 unspecified atom stereocenters. The molecule has 2 rings (SSSR count). The number of anilines is 1. The van der Waals surface area contributed by atoms with E-state index in [-0.39, 0.29) is 11.8 Å². The van der Waals surface area contributed by atoms with Crippen LogP contribution < -0.4 is 16.4 Å². The highest BCUT2D eigenvalue weighted by atomic mass is 16.5. The van der Waals surface area contributed by atoms with E-state index in [9.17, 15) is 9.59 Å². The summed E-state index contributed by atoms with van der Waals surface area (Å²) in [6, 6.07) is 6.76. The fourth-order valence-corrected chi connectivity index (χ4v) is 2.25. The minimum atomic E-state index is -0.949. The van der Waals surface area contributed by atoms with Crippen LogP contribution in [0, 0.1) is 0 Å². The van der Waals surface area contributed by atoms with Crippen LogP contribution in [0.2, 0.25) is 0 Å². The van der Waals surface area contributed by atoms with Crippen LogP contribution in [0.15, 0.2) is 24.3 Å². The maximum atomic E-state index is 12.1. The molecule has 0 radical (unpaired) electrons. The van der Waals surface area contributed by atoms with Gasteiger partial charge in [-0.25, -0.2) is 0 Å². The lowest BCUT2D eigenvalue weighted by Crippen LogP contribution is -2.45. The Morgan fingerprint density at radius 2 is 1.83 bits per heavy atom. The van der Waals surface area contributed by atoms with Crippen molar-refractivity contribution in [2.75, 3.05) is 44.7 Å². The molecule has 4 N–H and O–H groups in total. The Morgan fingerprint density at radius 3 is 2.42 bits per heavy atom. The third-order valence-corrected chi connectivity index (χ3v) is 3.81. The Balaban J connectivity index is 1.79. The molecular weight excluding hydrogens is 308 g/mol. The van der Waals surface area contributed by atoms with Crippen molar-refractivity contribution in [2.45, 2.75) is 19.4 Å². The summed E-state index contributed by atoms with van der Waals surface area (Å²) in [5.74, 6) is -0.398. The molecule has 1 saturated heterocycles. The van der Waals surface area contributed by atoms with Crippen molar-refractivity contribution in [1.82, 2.24) is 10.2 Å². The quantitative estimate of drug-likeness (QED) is 0.701. The second kappa shape index (κ2) is 8.23. The number of amides is 2. The van der Waals surface area contributed by atoms with Crippen LogP contribution in [0.3, 0.4) is 0 Å². The summed E-state index contributed by atoms with van der Waals surface area (Å²) in [6.07, 6.45) is 0. The van der Waals surface area contributed by atoms with Gasteiger partial charge in [0.2, 0.25) is 5.91 Å². The smallest absolute Gasteiger partial charge is 0.251 e. The molecular formula is C17H26N4O3. The molecule has 24 heavy (non-hydrogen) atoms. The molecule has 1 aromatic carbocycles. The summed E-state index contributed by atoms with van der Waals surface area (Å²) >= 11 is 0. The zero-order valence-corrected chi connectivity index (χ0v) is 14.3. The Labute approximate surface area is 142 Å². The third kappa shape index (κ3) is 5.59. The summed E-state index contributed by atoms with van der Waals surface area (Å²) in [5.41, 5.74) is 5.96. The van der Waals surface area contributed by atoms with Gasteiger partial charge in [0.25, 0.3) is 5.91 Å². The molecule has 0 saturated carbocycles. The van der Waals surface area contributed by atoms with Gasteiger partial charge >= 0.3 is 0 Å². The Bertz CT molecular complexity index is 560. The van der Waals surface area contributed by atoms with Gasteiger partial charge in [-0.15, -0.1) is 0 Å². The molecule has 132 valence electrons. The maximum absolute atomic E-state index is 12.1. The number of ether oxygens (including phenoxy) is 1. The number of benzene rings is 1. The maximum Gasteiger partial charge on any atom is 0.251 e. The molecule has 1 aliphatic rings. The third-order valence-electron chi connectivity index (χ3n) is 3.81. The van der Waals surface area contributed by atoms with E-state index in [1.165, 1.54) is 0 Å². The minimum absolute atomic E-state index is 0.125. The first-order chi connectivity index (χ1) is 11.4. The van der Waals surface area contributed by atoms with Gasteiger partial charge in [0.1, 0.15) is 0 Å². The van der Waals surface area contributed by atoms with E-state index in [1.807, 2.05) is 0 Å². The molecule has 1 heterocycles. The number of nitrogens with zero attached hydrogens (tertiary/aromatic N) is 1. The molecule has 7 heteroatoms. The number of nitrogens with one attached hydrogen (secondary N) is 2. The second-order valence-electron chi connectivity index (χ2n) is 6.46. The Hall–Kier alpha value is -1.96. The first kappa shape index (κ1) is 18.4. The predicted octanol–water partition coefficient (Wildman–Crippen LogP) is 0.424. The largest absolute Gasteiger partial charge is 0.379 e. The van der Waals surface area contributed by atoms with E-state index in [4.69, 9.17) is 10.5 Å². The van der Waals surface area contributed by atoms with Crippen LogP contribution in [0.5, 0.6) is 0 Å². The van der Waals surface area contributed by atoms with Crippen molar-refractivity contribution in [2.24, 2.45) is 5.73 Å². The average molecular weight is 334 g/mol. The number of hydrogen-bond donors (Lipinski definition) is 3. The van der Waals surface area contributed by atoms with Gasteiger partial charge < -0.3 is 21.1 Å². The van der Waals surface area contributed by atoms with E-state index >= 15 is 0 Å². The van der Waals surface area contributed by atoms with Crippen molar-refractivity contribution in [3.63, 3.8) is 0 Å². The molecule has 0 atom stereocenters. The summed E-state index contributed by atoms with van der Waals surface area (Å²) in [4.78, 5) is 26.2. The fourth-order valence-electron chi connectivity index (χ4n) is 2.25. The zero-order chi connectivity index (χ0) is 17.6. The van der Waals surface area contributed by atoms with Crippen molar-refractivity contribution in [3.05, 3.63) is 29.8 Å². The number of rotatable bonds is 6. The molecule has 2 amide bonds.